The lowest BCUT2D eigenvalue weighted by atomic mass is 10.2. The number of nitrogens with zero attached hydrogens (tertiary/aromatic N) is 1. The van der Waals surface area contributed by atoms with E-state index in [2.05, 4.69) is 18.1 Å². The van der Waals surface area contributed by atoms with E-state index in [4.69, 9.17) is 0 Å². The Bertz CT molecular complexity index is 406. The molecule has 1 aromatic rings. The number of hydrogen-bond acceptors (Lipinski definition) is 1. The van der Waals surface area contributed by atoms with E-state index in [0.29, 0.717) is 10.6 Å². The molecule has 0 unspecified atom stereocenters. The number of pyridine rings is 1. The SMILES string of the molecule is C=C/C(C)=c1/ncc(F)cc1=C. The van der Waals surface area contributed by atoms with Gasteiger partial charge in [-0.05, 0) is 23.8 Å². The molecule has 0 saturated heterocycles. The number of rotatable bonds is 1. The zero-order chi connectivity index (χ0) is 9.14. The van der Waals surface area contributed by atoms with Gasteiger partial charge < -0.3 is 0 Å². The van der Waals surface area contributed by atoms with E-state index in [1.807, 2.05) is 6.92 Å². The van der Waals surface area contributed by atoms with Crippen molar-refractivity contribution in [1.29, 1.82) is 0 Å². The maximum atomic E-state index is 12.6. The molecule has 0 aliphatic rings. The van der Waals surface area contributed by atoms with Crippen LogP contribution in [0, 0.1) is 5.82 Å². The average Bonchev–Trinajstić information content (AvgIpc) is 2.03. The Kier molecular flexibility index (Phi) is 2.38. The van der Waals surface area contributed by atoms with Gasteiger partial charge in [0.25, 0.3) is 0 Å². The zero-order valence-corrected chi connectivity index (χ0v) is 6.97. The van der Waals surface area contributed by atoms with Gasteiger partial charge in [-0.2, -0.15) is 0 Å². The van der Waals surface area contributed by atoms with Crippen LogP contribution in [-0.2, 0) is 0 Å². The number of halogens is 1. The molecule has 1 aromatic heterocycles. The molecule has 0 N–H and O–H groups in total. The van der Waals surface area contributed by atoms with E-state index < -0.39 is 0 Å². The third-order valence-corrected chi connectivity index (χ3v) is 1.61. The van der Waals surface area contributed by atoms with Crippen molar-refractivity contribution in [1.82, 2.24) is 4.98 Å². The van der Waals surface area contributed by atoms with Gasteiger partial charge in [0.1, 0.15) is 5.82 Å². The van der Waals surface area contributed by atoms with Crippen LogP contribution in [-0.4, -0.2) is 4.98 Å². The van der Waals surface area contributed by atoms with Gasteiger partial charge in [-0.15, -0.1) is 0 Å². The third kappa shape index (κ3) is 1.59. The fourth-order valence-electron chi connectivity index (χ4n) is 0.933. The van der Waals surface area contributed by atoms with E-state index in [1.165, 1.54) is 12.3 Å². The minimum absolute atomic E-state index is 0.361. The fraction of sp³-hybridized carbons (Fsp3) is 0.100. The Morgan fingerprint density at radius 2 is 2.33 bits per heavy atom. The van der Waals surface area contributed by atoms with Crippen molar-refractivity contribution in [2.24, 2.45) is 0 Å². The fourth-order valence-corrected chi connectivity index (χ4v) is 0.933. The lowest BCUT2D eigenvalue weighted by Crippen LogP contribution is -2.28. The van der Waals surface area contributed by atoms with Crippen LogP contribution in [0.5, 0.6) is 0 Å². The summed E-state index contributed by atoms with van der Waals surface area (Å²) in [5.41, 5.74) is 0.903. The van der Waals surface area contributed by atoms with E-state index >= 15 is 0 Å². The van der Waals surface area contributed by atoms with Crippen molar-refractivity contribution >= 4 is 12.2 Å². The van der Waals surface area contributed by atoms with Gasteiger partial charge in [0, 0.05) is 0 Å². The first kappa shape index (κ1) is 8.65. The molecule has 12 heavy (non-hydrogen) atoms. The molecule has 0 atom stereocenters. The van der Waals surface area contributed by atoms with Gasteiger partial charge in [-0.3, -0.25) is 4.98 Å². The van der Waals surface area contributed by atoms with Crippen molar-refractivity contribution in [3.63, 3.8) is 0 Å². The summed E-state index contributed by atoms with van der Waals surface area (Å²) in [6, 6.07) is 1.36. The van der Waals surface area contributed by atoms with Crippen LogP contribution in [0.2, 0.25) is 0 Å². The van der Waals surface area contributed by atoms with E-state index in [1.54, 1.807) is 6.08 Å². The van der Waals surface area contributed by atoms with Crippen LogP contribution < -0.4 is 10.6 Å². The summed E-state index contributed by atoms with van der Waals surface area (Å²) >= 11 is 0. The molecule has 0 spiro atoms. The highest BCUT2D eigenvalue weighted by molar-refractivity contribution is 5.51. The minimum atomic E-state index is -0.361. The molecule has 0 saturated carbocycles. The predicted octanol–water partition coefficient (Wildman–Crippen LogP) is 0.988. The van der Waals surface area contributed by atoms with Crippen LogP contribution in [0.4, 0.5) is 4.39 Å². The monoisotopic (exact) mass is 163 g/mol. The lowest BCUT2D eigenvalue weighted by Gasteiger charge is -1.92. The van der Waals surface area contributed by atoms with E-state index in [-0.39, 0.29) is 5.82 Å². The lowest BCUT2D eigenvalue weighted by molar-refractivity contribution is 0.618. The Morgan fingerprint density at radius 3 is 2.83 bits per heavy atom. The van der Waals surface area contributed by atoms with Crippen LogP contribution in [0.1, 0.15) is 6.92 Å². The standard InChI is InChI=1S/C10H10FN/c1-4-7(2)10-8(3)5-9(11)6-12-10/h4-6H,1,3H2,2H3/b10-7+. The summed E-state index contributed by atoms with van der Waals surface area (Å²) in [6.45, 7) is 9.14. The Balaban J connectivity index is 3.58. The number of aromatic nitrogens is 1. The average molecular weight is 163 g/mol. The first-order chi connectivity index (χ1) is 5.65. The Hall–Kier alpha value is -1.44. The first-order valence-corrected chi connectivity index (χ1v) is 3.59. The van der Waals surface area contributed by atoms with Crippen LogP contribution >= 0.6 is 0 Å². The van der Waals surface area contributed by atoms with Crippen molar-refractivity contribution in [3.8, 4) is 0 Å². The molecule has 1 heterocycles. The second-order valence-corrected chi connectivity index (χ2v) is 2.55. The van der Waals surface area contributed by atoms with E-state index in [9.17, 15) is 4.39 Å². The smallest absolute Gasteiger partial charge is 0.142 e. The quantitative estimate of drug-likeness (QED) is 0.601. The van der Waals surface area contributed by atoms with Crippen molar-refractivity contribution in [2.75, 3.05) is 0 Å². The minimum Gasteiger partial charge on any atom is -0.253 e. The Morgan fingerprint density at radius 1 is 1.67 bits per heavy atom. The van der Waals surface area contributed by atoms with Gasteiger partial charge in [-0.1, -0.05) is 19.2 Å². The third-order valence-electron chi connectivity index (χ3n) is 1.61. The number of hydrogen-bond donors (Lipinski definition) is 0. The molecule has 0 aliphatic carbocycles. The molecule has 0 aromatic carbocycles. The molecule has 2 heteroatoms. The molecule has 0 aliphatic heterocycles. The van der Waals surface area contributed by atoms with Gasteiger partial charge in [0.05, 0.1) is 11.5 Å². The second kappa shape index (κ2) is 3.30. The van der Waals surface area contributed by atoms with Crippen LogP contribution in [0.25, 0.3) is 12.2 Å². The molecule has 0 radical (unpaired) electrons. The molecule has 0 amide bonds. The second-order valence-electron chi connectivity index (χ2n) is 2.55. The van der Waals surface area contributed by atoms with Crippen LogP contribution in [0.3, 0.4) is 0 Å². The highest BCUT2D eigenvalue weighted by Gasteiger charge is 1.91. The zero-order valence-electron chi connectivity index (χ0n) is 6.97. The topological polar surface area (TPSA) is 12.9 Å². The summed E-state index contributed by atoms with van der Waals surface area (Å²) in [5.74, 6) is -0.361. The summed E-state index contributed by atoms with van der Waals surface area (Å²) in [7, 11) is 0. The number of allylic oxidation sites excluding steroid dienone is 1. The van der Waals surface area contributed by atoms with Crippen molar-refractivity contribution < 1.29 is 4.39 Å². The van der Waals surface area contributed by atoms with Crippen LogP contribution in [0.15, 0.2) is 24.9 Å². The molecular formula is C10H10FN. The maximum absolute atomic E-state index is 12.6. The molecule has 62 valence electrons. The van der Waals surface area contributed by atoms with Crippen molar-refractivity contribution in [2.45, 2.75) is 6.92 Å². The maximum Gasteiger partial charge on any atom is 0.142 e. The molecule has 0 fully saturated rings. The highest BCUT2D eigenvalue weighted by atomic mass is 19.1. The predicted molar refractivity (Wildman–Crippen MR) is 48.2 cm³/mol. The molecule has 1 nitrogen and oxygen atoms in total. The Labute approximate surface area is 70.6 Å². The van der Waals surface area contributed by atoms with Gasteiger partial charge in [0.15, 0.2) is 0 Å². The van der Waals surface area contributed by atoms with E-state index in [0.717, 1.165) is 5.57 Å². The normalized spacial score (nSPS) is 12.5. The van der Waals surface area contributed by atoms with Gasteiger partial charge in [-0.25, -0.2) is 4.39 Å². The largest absolute Gasteiger partial charge is 0.253 e. The molecule has 1 rings (SSSR count). The summed E-state index contributed by atoms with van der Waals surface area (Å²) in [5, 5.41) is 1.29. The first-order valence-electron chi connectivity index (χ1n) is 3.59. The van der Waals surface area contributed by atoms with Gasteiger partial charge >= 0.3 is 0 Å². The summed E-state index contributed by atoms with van der Waals surface area (Å²) < 4.78 is 12.6. The summed E-state index contributed by atoms with van der Waals surface area (Å²) in [4.78, 5) is 3.90. The molecule has 0 bridgehead atoms. The van der Waals surface area contributed by atoms with Crippen molar-refractivity contribution in [3.05, 3.63) is 41.3 Å². The highest BCUT2D eigenvalue weighted by Crippen LogP contribution is 1.88. The molecular weight excluding hydrogens is 153 g/mol. The van der Waals surface area contributed by atoms with Gasteiger partial charge in [0.2, 0.25) is 0 Å². The summed E-state index contributed by atoms with van der Waals surface area (Å²) in [6.07, 6.45) is 2.85.